The highest BCUT2D eigenvalue weighted by molar-refractivity contribution is 7.13. The molecule has 1 saturated heterocycles. The van der Waals surface area contributed by atoms with Crippen molar-refractivity contribution in [1.29, 1.82) is 0 Å². The van der Waals surface area contributed by atoms with Crippen molar-refractivity contribution in [3.63, 3.8) is 0 Å². The Morgan fingerprint density at radius 2 is 2.48 bits per heavy atom. The number of likely N-dealkylation sites (tertiary alicyclic amines) is 1. The summed E-state index contributed by atoms with van der Waals surface area (Å²) in [5.41, 5.74) is 0. The topological polar surface area (TPSA) is 73.9 Å². The number of aromatic amines is 1. The van der Waals surface area contributed by atoms with Gasteiger partial charge in [-0.1, -0.05) is 18.4 Å². The molecule has 0 aliphatic carbocycles. The van der Waals surface area contributed by atoms with Gasteiger partial charge in [-0.15, -0.1) is 17.8 Å². The molecule has 0 spiro atoms. The summed E-state index contributed by atoms with van der Waals surface area (Å²) in [7, 11) is 0. The molecule has 0 aromatic carbocycles. The van der Waals surface area contributed by atoms with Gasteiger partial charge in [-0.3, -0.25) is 14.8 Å². The monoisotopic (exact) mass is 329 g/mol. The van der Waals surface area contributed by atoms with E-state index in [0.29, 0.717) is 24.7 Å². The molecule has 120 valence electrons. The summed E-state index contributed by atoms with van der Waals surface area (Å²) in [6.45, 7) is 1.74. The van der Waals surface area contributed by atoms with Crippen LogP contribution < -0.4 is 5.32 Å². The first-order valence-electron chi connectivity index (χ1n) is 7.68. The number of terminal acetylenes is 1. The van der Waals surface area contributed by atoms with Crippen LogP contribution in [-0.2, 0) is 11.3 Å². The van der Waals surface area contributed by atoms with Gasteiger partial charge in [0.1, 0.15) is 5.82 Å². The van der Waals surface area contributed by atoms with Crippen LogP contribution in [0.4, 0.5) is 0 Å². The van der Waals surface area contributed by atoms with Crippen LogP contribution in [0.15, 0.2) is 17.5 Å². The Balaban J connectivity index is 1.57. The van der Waals surface area contributed by atoms with Crippen LogP contribution in [0.25, 0.3) is 10.7 Å². The SMILES string of the molecule is C#CCN1CCCCC1C(=O)NCc1nc(-c2cccs2)n[nH]1. The number of carbonyl (C=O) groups excluding carboxylic acids is 1. The van der Waals surface area contributed by atoms with E-state index in [-0.39, 0.29) is 11.9 Å². The van der Waals surface area contributed by atoms with Crippen molar-refractivity contribution in [1.82, 2.24) is 25.4 Å². The van der Waals surface area contributed by atoms with Crippen molar-refractivity contribution in [3.8, 4) is 23.0 Å². The van der Waals surface area contributed by atoms with Crippen LogP contribution >= 0.6 is 11.3 Å². The van der Waals surface area contributed by atoms with Gasteiger partial charge in [-0.05, 0) is 30.8 Å². The molecule has 1 atom stereocenters. The van der Waals surface area contributed by atoms with E-state index >= 15 is 0 Å². The third kappa shape index (κ3) is 3.78. The number of amides is 1. The number of piperidine rings is 1. The fourth-order valence-corrected chi connectivity index (χ4v) is 3.43. The number of carbonyl (C=O) groups is 1. The summed E-state index contributed by atoms with van der Waals surface area (Å²) < 4.78 is 0. The molecule has 1 fully saturated rings. The maximum Gasteiger partial charge on any atom is 0.237 e. The van der Waals surface area contributed by atoms with Gasteiger partial charge in [0.15, 0.2) is 5.82 Å². The third-order valence-electron chi connectivity index (χ3n) is 3.91. The van der Waals surface area contributed by atoms with E-state index in [9.17, 15) is 4.79 Å². The maximum atomic E-state index is 12.4. The molecule has 6 nitrogen and oxygen atoms in total. The largest absolute Gasteiger partial charge is 0.347 e. The van der Waals surface area contributed by atoms with Crippen LogP contribution in [0.2, 0.25) is 0 Å². The van der Waals surface area contributed by atoms with E-state index in [1.54, 1.807) is 11.3 Å². The van der Waals surface area contributed by atoms with Gasteiger partial charge in [-0.2, -0.15) is 5.10 Å². The third-order valence-corrected chi connectivity index (χ3v) is 4.78. The molecule has 2 N–H and O–H groups in total. The van der Waals surface area contributed by atoms with E-state index in [1.807, 2.05) is 17.5 Å². The lowest BCUT2D eigenvalue weighted by Crippen LogP contribution is -2.49. The maximum absolute atomic E-state index is 12.4. The van der Waals surface area contributed by atoms with E-state index in [2.05, 4.69) is 31.3 Å². The van der Waals surface area contributed by atoms with Crippen LogP contribution in [0, 0.1) is 12.3 Å². The quantitative estimate of drug-likeness (QED) is 0.818. The zero-order valence-electron chi connectivity index (χ0n) is 12.8. The Bertz CT molecular complexity index is 688. The zero-order chi connectivity index (χ0) is 16.1. The van der Waals surface area contributed by atoms with Crippen molar-refractivity contribution in [2.24, 2.45) is 0 Å². The zero-order valence-corrected chi connectivity index (χ0v) is 13.6. The number of nitrogens with zero attached hydrogens (tertiary/aromatic N) is 3. The summed E-state index contributed by atoms with van der Waals surface area (Å²) in [4.78, 5) is 19.9. The molecule has 0 saturated carbocycles. The van der Waals surface area contributed by atoms with Gasteiger partial charge in [0.25, 0.3) is 0 Å². The highest BCUT2D eigenvalue weighted by atomic mass is 32.1. The molecule has 23 heavy (non-hydrogen) atoms. The van der Waals surface area contributed by atoms with Crippen LogP contribution in [-0.4, -0.2) is 45.1 Å². The minimum absolute atomic E-state index is 0.00836. The first-order chi connectivity index (χ1) is 11.3. The highest BCUT2D eigenvalue weighted by Gasteiger charge is 2.27. The Labute approximate surface area is 139 Å². The molecule has 3 rings (SSSR count). The van der Waals surface area contributed by atoms with E-state index in [4.69, 9.17) is 6.42 Å². The molecule has 7 heteroatoms. The number of rotatable bonds is 5. The van der Waals surface area contributed by atoms with Gasteiger partial charge in [0.05, 0.1) is 24.0 Å². The number of aromatic nitrogens is 3. The molecule has 1 unspecified atom stereocenters. The number of hydrogen-bond donors (Lipinski definition) is 2. The fraction of sp³-hybridized carbons (Fsp3) is 0.438. The summed E-state index contributed by atoms with van der Waals surface area (Å²) in [6.07, 6.45) is 8.40. The highest BCUT2D eigenvalue weighted by Crippen LogP contribution is 2.20. The summed E-state index contributed by atoms with van der Waals surface area (Å²) in [5.74, 6) is 3.96. The minimum Gasteiger partial charge on any atom is -0.347 e. The first kappa shape index (κ1) is 15.7. The van der Waals surface area contributed by atoms with E-state index < -0.39 is 0 Å². The van der Waals surface area contributed by atoms with Crippen molar-refractivity contribution in [2.45, 2.75) is 31.8 Å². The van der Waals surface area contributed by atoms with Crippen molar-refractivity contribution in [2.75, 3.05) is 13.1 Å². The van der Waals surface area contributed by atoms with Gasteiger partial charge < -0.3 is 5.32 Å². The molecule has 2 aromatic rings. The minimum atomic E-state index is -0.139. The second kappa shape index (κ2) is 7.40. The molecule has 1 aliphatic heterocycles. The Kier molecular flexibility index (Phi) is 5.05. The Morgan fingerprint density at radius 3 is 3.26 bits per heavy atom. The molecular weight excluding hydrogens is 310 g/mol. The molecule has 1 amide bonds. The van der Waals surface area contributed by atoms with E-state index in [1.165, 1.54) is 0 Å². The summed E-state index contributed by atoms with van der Waals surface area (Å²) >= 11 is 1.58. The lowest BCUT2D eigenvalue weighted by molar-refractivity contribution is -0.127. The first-order valence-corrected chi connectivity index (χ1v) is 8.56. The van der Waals surface area contributed by atoms with Gasteiger partial charge in [0.2, 0.25) is 5.91 Å². The number of thiophene rings is 1. The number of hydrogen-bond acceptors (Lipinski definition) is 5. The van der Waals surface area contributed by atoms with Gasteiger partial charge in [-0.25, -0.2) is 4.98 Å². The van der Waals surface area contributed by atoms with Gasteiger partial charge >= 0.3 is 0 Å². The Hall–Kier alpha value is -2.17. The lowest BCUT2D eigenvalue weighted by atomic mass is 10.0. The standard InChI is InChI=1S/C16H19N5OS/c1-2-8-21-9-4-3-6-12(21)16(22)17-11-14-18-15(20-19-14)13-7-5-10-23-13/h1,5,7,10,12H,3-4,6,8-9,11H2,(H,17,22)(H,18,19,20). The summed E-state index contributed by atoms with van der Waals surface area (Å²) in [5, 5.41) is 12.0. The van der Waals surface area contributed by atoms with Crippen molar-refractivity contribution >= 4 is 17.2 Å². The average molecular weight is 329 g/mol. The van der Waals surface area contributed by atoms with Crippen LogP contribution in [0.5, 0.6) is 0 Å². The molecule has 1 aliphatic rings. The van der Waals surface area contributed by atoms with Gasteiger partial charge in [0, 0.05) is 0 Å². The predicted octanol–water partition coefficient (Wildman–Crippen LogP) is 1.64. The number of H-pyrrole nitrogens is 1. The molecular formula is C16H19N5OS. The second-order valence-electron chi connectivity index (χ2n) is 5.49. The van der Waals surface area contributed by atoms with Crippen LogP contribution in [0.1, 0.15) is 25.1 Å². The second-order valence-corrected chi connectivity index (χ2v) is 6.43. The lowest BCUT2D eigenvalue weighted by Gasteiger charge is -2.33. The van der Waals surface area contributed by atoms with Crippen molar-refractivity contribution in [3.05, 3.63) is 23.3 Å². The fourth-order valence-electron chi connectivity index (χ4n) is 2.77. The number of nitrogens with one attached hydrogen (secondary N) is 2. The van der Waals surface area contributed by atoms with E-state index in [0.717, 1.165) is 30.7 Å². The molecule has 2 aromatic heterocycles. The van der Waals surface area contributed by atoms with Crippen molar-refractivity contribution < 1.29 is 4.79 Å². The normalized spacial score (nSPS) is 18.5. The molecule has 0 bridgehead atoms. The average Bonchev–Trinajstić information content (AvgIpc) is 3.24. The smallest absolute Gasteiger partial charge is 0.237 e. The predicted molar refractivity (Wildman–Crippen MR) is 89.6 cm³/mol. The molecule has 3 heterocycles. The summed E-state index contributed by atoms with van der Waals surface area (Å²) in [6, 6.07) is 3.79. The Morgan fingerprint density at radius 1 is 1.57 bits per heavy atom. The van der Waals surface area contributed by atoms with Crippen LogP contribution in [0.3, 0.4) is 0 Å². The molecule has 0 radical (unpaired) electrons.